The first-order valence-corrected chi connectivity index (χ1v) is 18.5. The van der Waals surface area contributed by atoms with Crippen molar-refractivity contribution < 1.29 is 37.9 Å². The summed E-state index contributed by atoms with van der Waals surface area (Å²) in [6, 6.07) is 0. The molecule has 0 radical (unpaired) electrons. The molecule has 0 heterocycles. The van der Waals surface area contributed by atoms with Crippen LogP contribution >= 0.6 is 7.82 Å². The number of carbonyl (C=O) groups is 2. The maximum absolute atomic E-state index is 12.2. The molecular weight excluding hydrogens is 555 g/mol. The van der Waals surface area contributed by atoms with E-state index in [1.807, 2.05) is 0 Å². The molecule has 0 aliphatic rings. The molecule has 0 saturated carbocycles. The maximum atomic E-state index is 12.2. The molecule has 9 heteroatoms. The minimum absolute atomic E-state index is 0.213. The van der Waals surface area contributed by atoms with Gasteiger partial charge in [-0.15, -0.1) is 0 Å². The van der Waals surface area contributed by atoms with Crippen molar-refractivity contribution in [2.75, 3.05) is 13.2 Å². The summed E-state index contributed by atoms with van der Waals surface area (Å²) in [6.07, 6.45) is 29.4. The van der Waals surface area contributed by atoms with Crippen molar-refractivity contribution in [3.8, 4) is 0 Å². The third kappa shape index (κ3) is 31.7. The Hall–Kier alpha value is -1.21. The normalized spacial score (nSPS) is 12.6. The zero-order valence-corrected chi connectivity index (χ0v) is 27.8. The first-order chi connectivity index (χ1) is 20.3. The Morgan fingerprint density at radius 2 is 1.00 bits per heavy atom. The Balaban J connectivity index is 3.98. The quantitative estimate of drug-likeness (QED) is 0.0341. The highest BCUT2D eigenvalue weighted by Gasteiger charge is 2.22. The largest absolute Gasteiger partial charge is 0.469 e. The Labute approximate surface area is 257 Å². The highest BCUT2D eigenvalue weighted by molar-refractivity contribution is 7.46. The first kappa shape index (κ1) is 40.8. The molecule has 0 unspecified atom stereocenters. The van der Waals surface area contributed by atoms with E-state index >= 15 is 0 Å². The molecule has 42 heavy (non-hydrogen) atoms. The molecule has 0 aromatic carbocycles. The highest BCUT2D eigenvalue weighted by Crippen LogP contribution is 2.35. The first-order valence-electron chi connectivity index (χ1n) is 17.0. The summed E-state index contributed by atoms with van der Waals surface area (Å²) >= 11 is 0. The summed E-state index contributed by atoms with van der Waals surface area (Å²) < 4.78 is 26.1. The average molecular weight is 619 g/mol. The Kier molecular flexibility index (Phi) is 29.0. The van der Waals surface area contributed by atoms with Crippen molar-refractivity contribution in [1.29, 1.82) is 0 Å². The lowest BCUT2D eigenvalue weighted by Gasteiger charge is -2.18. The van der Waals surface area contributed by atoms with E-state index in [4.69, 9.17) is 19.3 Å². The summed E-state index contributed by atoms with van der Waals surface area (Å²) in [6.45, 7) is 3.63. The number of phosphoric ester groups is 1. The number of carbonyl (C=O) groups excluding carboxylic acids is 2. The molecule has 0 aliphatic carbocycles. The molecule has 0 aromatic heterocycles. The number of rotatable bonds is 31. The van der Waals surface area contributed by atoms with Crippen molar-refractivity contribution in [3.05, 3.63) is 12.2 Å². The van der Waals surface area contributed by atoms with E-state index in [1.165, 1.54) is 77.0 Å². The number of allylic oxidation sites excluding steroid dienone is 2. The van der Waals surface area contributed by atoms with E-state index in [-0.39, 0.29) is 19.4 Å². The number of hydrogen-bond donors (Lipinski definition) is 2. The van der Waals surface area contributed by atoms with Gasteiger partial charge in [0.05, 0.1) is 6.61 Å². The Morgan fingerprint density at radius 1 is 0.595 bits per heavy atom. The standard InChI is InChI=1S/C33H63O8P/c1-3-5-7-9-11-13-14-15-16-17-18-20-21-23-25-27-32(34)39-29-31(30-40-42(36,37)38)41-33(35)28-26-24-22-19-12-10-8-6-4-2/h15-16,31H,3-14,17-30H2,1-2H3,(H2,36,37,38)/b16-15-/t31-/m1/s1. The number of hydrogen-bond acceptors (Lipinski definition) is 6. The van der Waals surface area contributed by atoms with Gasteiger partial charge in [-0.2, -0.15) is 0 Å². The third-order valence-electron chi connectivity index (χ3n) is 7.28. The van der Waals surface area contributed by atoms with E-state index < -0.39 is 32.5 Å². The van der Waals surface area contributed by atoms with Crippen LogP contribution in [0.2, 0.25) is 0 Å². The van der Waals surface area contributed by atoms with Gasteiger partial charge in [-0.3, -0.25) is 14.1 Å². The van der Waals surface area contributed by atoms with Crippen molar-refractivity contribution in [2.45, 2.75) is 174 Å². The molecule has 248 valence electrons. The van der Waals surface area contributed by atoms with Crippen LogP contribution in [-0.2, 0) is 28.2 Å². The van der Waals surface area contributed by atoms with Gasteiger partial charge in [0.1, 0.15) is 6.61 Å². The van der Waals surface area contributed by atoms with Crippen LogP contribution in [0.25, 0.3) is 0 Å². The zero-order chi connectivity index (χ0) is 31.2. The van der Waals surface area contributed by atoms with Gasteiger partial charge >= 0.3 is 19.8 Å². The van der Waals surface area contributed by atoms with Gasteiger partial charge in [-0.1, -0.05) is 129 Å². The molecule has 0 spiro atoms. The van der Waals surface area contributed by atoms with Crippen LogP contribution in [0.3, 0.4) is 0 Å². The van der Waals surface area contributed by atoms with Crippen molar-refractivity contribution in [3.63, 3.8) is 0 Å². The lowest BCUT2D eigenvalue weighted by Crippen LogP contribution is -2.29. The molecule has 0 aromatic rings. The predicted molar refractivity (Wildman–Crippen MR) is 170 cm³/mol. The molecule has 1 atom stereocenters. The van der Waals surface area contributed by atoms with Crippen LogP contribution in [0.4, 0.5) is 0 Å². The van der Waals surface area contributed by atoms with Crippen LogP contribution in [0.15, 0.2) is 12.2 Å². The van der Waals surface area contributed by atoms with Crippen LogP contribution in [0.5, 0.6) is 0 Å². The Morgan fingerprint density at radius 3 is 1.45 bits per heavy atom. The van der Waals surface area contributed by atoms with Crippen LogP contribution in [-0.4, -0.2) is 41.0 Å². The number of phosphoric acid groups is 1. The number of ether oxygens (including phenoxy) is 2. The summed E-state index contributed by atoms with van der Waals surface area (Å²) in [5, 5.41) is 0. The lowest BCUT2D eigenvalue weighted by atomic mass is 10.1. The minimum Gasteiger partial charge on any atom is -0.462 e. The minimum atomic E-state index is -4.74. The highest BCUT2D eigenvalue weighted by atomic mass is 31.2. The number of esters is 2. The van der Waals surface area contributed by atoms with E-state index in [0.29, 0.717) is 6.42 Å². The Bertz CT molecular complexity index is 706. The average Bonchev–Trinajstić information content (AvgIpc) is 2.95. The molecule has 0 amide bonds. The number of unbranched alkanes of at least 4 members (excludes halogenated alkanes) is 19. The van der Waals surface area contributed by atoms with Crippen molar-refractivity contribution in [2.24, 2.45) is 0 Å². The topological polar surface area (TPSA) is 119 Å². The van der Waals surface area contributed by atoms with E-state index in [9.17, 15) is 14.2 Å². The SMILES string of the molecule is CCCCCCCC/C=C\CCCCCCCC(=O)OC[C@H](COP(=O)(O)O)OC(=O)CCCCCCCCCCC. The second-order valence-electron chi connectivity index (χ2n) is 11.5. The lowest BCUT2D eigenvalue weighted by molar-refractivity contribution is -0.161. The molecule has 0 bridgehead atoms. The molecule has 0 rings (SSSR count). The van der Waals surface area contributed by atoms with Crippen LogP contribution < -0.4 is 0 Å². The second-order valence-corrected chi connectivity index (χ2v) is 12.7. The van der Waals surface area contributed by atoms with E-state index in [2.05, 4.69) is 30.5 Å². The molecule has 0 fully saturated rings. The summed E-state index contributed by atoms with van der Waals surface area (Å²) in [5.74, 6) is -0.894. The summed E-state index contributed by atoms with van der Waals surface area (Å²) in [5.41, 5.74) is 0. The van der Waals surface area contributed by atoms with Gasteiger partial charge in [0.15, 0.2) is 6.10 Å². The maximum Gasteiger partial charge on any atom is 0.469 e. The smallest absolute Gasteiger partial charge is 0.462 e. The molecule has 0 saturated heterocycles. The molecular formula is C33H63O8P. The molecule has 2 N–H and O–H groups in total. The van der Waals surface area contributed by atoms with Crippen molar-refractivity contribution in [1.82, 2.24) is 0 Å². The monoisotopic (exact) mass is 618 g/mol. The van der Waals surface area contributed by atoms with Crippen molar-refractivity contribution >= 4 is 19.8 Å². The fraction of sp³-hybridized carbons (Fsp3) is 0.879. The van der Waals surface area contributed by atoms with Crippen LogP contribution in [0.1, 0.15) is 168 Å². The van der Waals surface area contributed by atoms with Gasteiger partial charge in [0.25, 0.3) is 0 Å². The predicted octanol–water partition coefficient (Wildman–Crippen LogP) is 9.51. The third-order valence-corrected chi connectivity index (χ3v) is 7.77. The fourth-order valence-corrected chi connectivity index (χ4v) is 5.08. The summed E-state index contributed by atoms with van der Waals surface area (Å²) in [7, 11) is -4.74. The second kappa shape index (κ2) is 29.8. The van der Waals surface area contributed by atoms with Gasteiger partial charge in [-0.05, 0) is 38.5 Å². The van der Waals surface area contributed by atoms with Gasteiger partial charge < -0.3 is 19.3 Å². The fourth-order valence-electron chi connectivity index (χ4n) is 4.72. The van der Waals surface area contributed by atoms with E-state index in [0.717, 1.165) is 57.8 Å². The van der Waals surface area contributed by atoms with Gasteiger partial charge in [0, 0.05) is 12.8 Å². The van der Waals surface area contributed by atoms with E-state index in [1.54, 1.807) is 0 Å². The van der Waals surface area contributed by atoms with Gasteiger partial charge in [0.2, 0.25) is 0 Å². The molecule has 0 aliphatic heterocycles. The summed E-state index contributed by atoms with van der Waals surface area (Å²) in [4.78, 5) is 42.4. The zero-order valence-electron chi connectivity index (χ0n) is 26.9. The van der Waals surface area contributed by atoms with Crippen LogP contribution in [0, 0.1) is 0 Å². The van der Waals surface area contributed by atoms with Gasteiger partial charge in [-0.25, -0.2) is 4.57 Å². The molecule has 8 nitrogen and oxygen atoms in total.